The summed E-state index contributed by atoms with van der Waals surface area (Å²) >= 11 is 4.74. The second-order valence-corrected chi connectivity index (χ2v) is 9.15. The van der Waals surface area contributed by atoms with Crippen molar-refractivity contribution in [2.45, 2.75) is 12.3 Å². The molecule has 1 aliphatic rings. The first-order valence-electron chi connectivity index (χ1n) is 6.45. The van der Waals surface area contributed by atoms with E-state index in [4.69, 9.17) is 0 Å². The third kappa shape index (κ3) is 3.54. The molecule has 2 rings (SSSR count). The zero-order valence-electron chi connectivity index (χ0n) is 11.5. The van der Waals surface area contributed by atoms with Crippen LogP contribution in [-0.2, 0) is 9.84 Å². The van der Waals surface area contributed by atoms with Gasteiger partial charge in [-0.3, -0.25) is 4.79 Å². The number of rotatable bonds is 3. The second-order valence-electron chi connectivity index (χ2n) is 4.64. The Morgan fingerprint density at radius 3 is 2.86 bits per heavy atom. The van der Waals surface area contributed by atoms with Crippen LogP contribution in [0.5, 0.6) is 5.75 Å². The zero-order valence-corrected chi connectivity index (χ0v) is 14.7. The number of benzene rings is 1. The number of phenolic OH excluding ortho intramolecular Hbond substituents is 1. The van der Waals surface area contributed by atoms with E-state index in [0.717, 1.165) is 0 Å². The SMILES string of the molecule is CCS(=O)(=O)C1CSCCN1C(=O)c1ccc(Br)cc1O. The van der Waals surface area contributed by atoms with E-state index in [-0.39, 0.29) is 17.1 Å². The number of sulfone groups is 1. The van der Waals surface area contributed by atoms with Gasteiger partial charge in [-0.1, -0.05) is 22.9 Å². The Hall–Kier alpha value is -0.730. The summed E-state index contributed by atoms with van der Waals surface area (Å²) < 4.78 is 25.0. The first kappa shape index (κ1) is 16.6. The molecule has 1 N–H and O–H groups in total. The van der Waals surface area contributed by atoms with Gasteiger partial charge in [0.1, 0.15) is 11.1 Å². The van der Waals surface area contributed by atoms with Crippen molar-refractivity contribution >= 4 is 43.4 Å². The van der Waals surface area contributed by atoms with Gasteiger partial charge in [0.05, 0.1) is 5.56 Å². The molecule has 1 unspecified atom stereocenters. The van der Waals surface area contributed by atoms with Gasteiger partial charge >= 0.3 is 0 Å². The Morgan fingerprint density at radius 2 is 2.24 bits per heavy atom. The molecule has 1 fully saturated rings. The maximum Gasteiger partial charge on any atom is 0.258 e. The summed E-state index contributed by atoms with van der Waals surface area (Å²) in [6.45, 7) is 1.94. The number of carbonyl (C=O) groups excluding carboxylic acids is 1. The topological polar surface area (TPSA) is 74.7 Å². The van der Waals surface area contributed by atoms with Crippen LogP contribution in [0.15, 0.2) is 22.7 Å². The lowest BCUT2D eigenvalue weighted by Crippen LogP contribution is -2.50. The maximum atomic E-state index is 12.6. The Labute approximate surface area is 136 Å². The lowest BCUT2D eigenvalue weighted by molar-refractivity contribution is 0.0746. The van der Waals surface area contributed by atoms with Crippen molar-refractivity contribution in [1.82, 2.24) is 4.90 Å². The summed E-state index contributed by atoms with van der Waals surface area (Å²) in [5.41, 5.74) is 0.126. The van der Waals surface area contributed by atoms with Crippen LogP contribution in [0.2, 0.25) is 0 Å². The summed E-state index contributed by atoms with van der Waals surface area (Å²) in [5, 5.41) is 9.08. The van der Waals surface area contributed by atoms with Crippen LogP contribution in [0.3, 0.4) is 0 Å². The summed E-state index contributed by atoms with van der Waals surface area (Å²) in [6, 6.07) is 4.57. The van der Waals surface area contributed by atoms with Crippen molar-refractivity contribution in [3.63, 3.8) is 0 Å². The molecule has 1 aromatic rings. The normalized spacial score (nSPS) is 19.5. The largest absolute Gasteiger partial charge is 0.507 e. The highest BCUT2D eigenvalue weighted by molar-refractivity contribution is 9.10. The number of carbonyl (C=O) groups is 1. The molecule has 1 aliphatic heterocycles. The molecule has 0 spiro atoms. The Morgan fingerprint density at radius 1 is 1.52 bits per heavy atom. The van der Waals surface area contributed by atoms with Gasteiger partial charge in [0.15, 0.2) is 9.84 Å². The van der Waals surface area contributed by atoms with E-state index in [9.17, 15) is 18.3 Å². The van der Waals surface area contributed by atoms with Gasteiger partial charge in [-0.05, 0) is 18.2 Å². The van der Waals surface area contributed by atoms with E-state index >= 15 is 0 Å². The fourth-order valence-corrected chi connectivity index (χ4v) is 5.46. The van der Waals surface area contributed by atoms with Crippen LogP contribution in [0.25, 0.3) is 0 Å². The van der Waals surface area contributed by atoms with Gasteiger partial charge in [-0.15, -0.1) is 0 Å². The summed E-state index contributed by atoms with van der Waals surface area (Å²) in [7, 11) is -3.35. The minimum absolute atomic E-state index is 0.00563. The minimum Gasteiger partial charge on any atom is -0.507 e. The molecule has 0 saturated carbocycles. The van der Waals surface area contributed by atoms with Crippen molar-refractivity contribution in [2.75, 3.05) is 23.8 Å². The van der Waals surface area contributed by atoms with E-state index in [0.29, 0.717) is 22.5 Å². The molecule has 5 nitrogen and oxygen atoms in total. The number of halogens is 1. The Kier molecular flexibility index (Phi) is 5.21. The number of aromatic hydroxyl groups is 1. The molecule has 1 aromatic carbocycles. The maximum absolute atomic E-state index is 12.6. The predicted octanol–water partition coefficient (Wildman–Crippen LogP) is 2.10. The summed E-state index contributed by atoms with van der Waals surface area (Å²) in [5.74, 6) is 0.467. The van der Waals surface area contributed by atoms with Gasteiger partial charge < -0.3 is 10.0 Å². The van der Waals surface area contributed by atoms with Crippen LogP contribution in [0, 0.1) is 0 Å². The third-order valence-electron chi connectivity index (χ3n) is 3.35. The van der Waals surface area contributed by atoms with Crippen molar-refractivity contribution in [3.05, 3.63) is 28.2 Å². The average molecular weight is 394 g/mol. The molecular formula is C13H16BrNO4S2. The molecule has 0 aromatic heterocycles. The first-order valence-corrected chi connectivity index (χ1v) is 10.1. The summed E-state index contributed by atoms with van der Waals surface area (Å²) in [6.07, 6.45) is 0. The summed E-state index contributed by atoms with van der Waals surface area (Å²) in [4.78, 5) is 13.9. The van der Waals surface area contributed by atoms with E-state index in [1.165, 1.54) is 28.8 Å². The van der Waals surface area contributed by atoms with Gasteiger partial charge in [-0.2, -0.15) is 11.8 Å². The van der Waals surface area contributed by atoms with Crippen LogP contribution >= 0.6 is 27.7 Å². The predicted molar refractivity (Wildman–Crippen MR) is 87.4 cm³/mol. The van der Waals surface area contributed by atoms with E-state index < -0.39 is 21.1 Å². The minimum atomic E-state index is -3.35. The van der Waals surface area contributed by atoms with Crippen molar-refractivity contribution in [2.24, 2.45) is 0 Å². The highest BCUT2D eigenvalue weighted by atomic mass is 79.9. The number of phenols is 1. The van der Waals surface area contributed by atoms with Gasteiger partial charge in [0.25, 0.3) is 5.91 Å². The zero-order chi connectivity index (χ0) is 15.6. The Bertz CT molecular complexity index is 648. The van der Waals surface area contributed by atoms with E-state index in [2.05, 4.69) is 15.9 Å². The van der Waals surface area contributed by atoms with Crippen LogP contribution in [0.4, 0.5) is 0 Å². The number of hydrogen-bond acceptors (Lipinski definition) is 5. The lowest BCUT2D eigenvalue weighted by Gasteiger charge is -2.34. The fraction of sp³-hybridized carbons (Fsp3) is 0.462. The highest BCUT2D eigenvalue weighted by Gasteiger charge is 2.36. The van der Waals surface area contributed by atoms with Gasteiger partial charge in [0.2, 0.25) is 0 Å². The quantitative estimate of drug-likeness (QED) is 0.850. The van der Waals surface area contributed by atoms with Crippen LogP contribution in [0.1, 0.15) is 17.3 Å². The molecule has 8 heteroatoms. The number of nitrogens with zero attached hydrogens (tertiary/aromatic N) is 1. The standard InChI is InChI=1S/C13H16BrNO4S2/c1-2-21(18,19)12-8-20-6-5-15(12)13(17)10-4-3-9(14)7-11(10)16/h3-4,7,12,16H,2,5-6,8H2,1H3. The van der Waals surface area contributed by atoms with Crippen molar-refractivity contribution in [1.29, 1.82) is 0 Å². The van der Waals surface area contributed by atoms with Crippen molar-refractivity contribution < 1.29 is 18.3 Å². The molecule has 1 heterocycles. The second kappa shape index (κ2) is 6.58. The number of thioether (sulfide) groups is 1. The molecule has 21 heavy (non-hydrogen) atoms. The molecule has 1 atom stereocenters. The molecule has 1 amide bonds. The molecule has 0 radical (unpaired) electrons. The van der Waals surface area contributed by atoms with E-state index in [1.807, 2.05) is 0 Å². The van der Waals surface area contributed by atoms with Crippen LogP contribution in [-0.4, -0.2) is 53.5 Å². The lowest BCUT2D eigenvalue weighted by atomic mass is 10.1. The molecule has 0 aliphatic carbocycles. The van der Waals surface area contributed by atoms with Crippen molar-refractivity contribution in [3.8, 4) is 5.75 Å². The van der Waals surface area contributed by atoms with Crippen LogP contribution < -0.4 is 0 Å². The monoisotopic (exact) mass is 393 g/mol. The third-order valence-corrected chi connectivity index (χ3v) is 7.13. The molecule has 0 bridgehead atoms. The Balaban J connectivity index is 2.35. The smallest absolute Gasteiger partial charge is 0.258 e. The van der Waals surface area contributed by atoms with Gasteiger partial charge in [-0.25, -0.2) is 8.42 Å². The number of hydrogen-bond donors (Lipinski definition) is 1. The van der Waals surface area contributed by atoms with Gasteiger partial charge in [0, 0.05) is 28.3 Å². The first-order chi connectivity index (χ1) is 9.86. The highest BCUT2D eigenvalue weighted by Crippen LogP contribution is 2.28. The molecule has 116 valence electrons. The number of amides is 1. The molecular weight excluding hydrogens is 378 g/mol. The average Bonchev–Trinajstić information content (AvgIpc) is 2.46. The molecule has 1 saturated heterocycles. The fourth-order valence-electron chi connectivity index (χ4n) is 2.14. The van der Waals surface area contributed by atoms with E-state index in [1.54, 1.807) is 13.0 Å².